The largest absolute Gasteiger partial charge is 0.395 e. The third-order valence-electron chi connectivity index (χ3n) is 3.08. The van der Waals surface area contributed by atoms with Crippen molar-refractivity contribution in [2.75, 3.05) is 36.5 Å². The van der Waals surface area contributed by atoms with Gasteiger partial charge in [0.25, 0.3) is 5.69 Å². The Kier molecular flexibility index (Phi) is 3.99. The molecule has 2 N–H and O–H groups in total. The standard InChI is InChI=1S/C12H17N3O3/c16-8-5-13-11-4-3-10(9-12(11)15(17)18)14-6-1-2-7-14/h3-4,9,13,16H,1-2,5-8H2. The average molecular weight is 251 g/mol. The Morgan fingerprint density at radius 3 is 2.72 bits per heavy atom. The highest BCUT2D eigenvalue weighted by molar-refractivity contribution is 5.68. The fraction of sp³-hybridized carbons (Fsp3) is 0.500. The Bertz CT molecular complexity index is 431. The molecule has 1 aliphatic heterocycles. The number of hydrogen-bond donors (Lipinski definition) is 2. The van der Waals surface area contributed by atoms with Gasteiger partial charge in [0, 0.05) is 31.4 Å². The zero-order valence-corrected chi connectivity index (χ0v) is 10.1. The molecule has 1 aliphatic rings. The second-order valence-corrected chi connectivity index (χ2v) is 4.30. The minimum Gasteiger partial charge on any atom is -0.395 e. The number of benzene rings is 1. The zero-order valence-electron chi connectivity index (χ0n) is 10.1. The van der Waals surface area contributed by atoms with Crippen LogP contribution < -0.4 is 10.2 Å². The molecule has 0 aromatic heterocycles. The molecule has 0 bridgehead atoms. The summed E-state index contributed by atoms with van der Waals surface area (Å²) in [7, 11) is 0. The minimum atomic E-state index is -0.390. The van der Waals surface area contributed by atoms with Gasteiger partial charge in [0.1, 0.15) is 5.69 Å². The van der Waals surface area contributed by atoms with Gasteiger partial charge in [-0.1, -0.05) is 0 Å². The third kappa shape index (κ3) is 2.70. The van der Waals surface area contributed by atoms with Gasteiger partial charge in [-0.25, -0.2) is 0 Å². The molecule has 0 radical (unpaired) electrons. The van der Waals surface area contributed by atoms with Crippen LogP contribution >= 0.6 is 0 Å². The van der Waals surface area contributed by atoms with Crippen molar-refractivity contribution >= 4 is 17.1 Å². The van der Waals surface area contributed by atoms with Gasteiger partial charge in [-0.15, -0.1) is 0 Å². The first-order valence-corrected chi connectivity index (χ1v) is 6.10. The van der Waals surface area contributed by atoms with Crippen molar-refractivity contribution in [2.24, 2.45) is 0 Å². The van der Waals surface area contributed by atoms with Gasteiger partial charge in [-0.3, -0.25) is 10.1 Å². The number of hydrogen-bond acceptors (Lipinski definition) is 5. The maximum atomic E-state index is 11.0. The van der Waals surface area contributed by atoms with E-state index in [0.717, 1.165) is 31.6 Å². The molecular formula is C12H17N3O3. The topological polar surface area (TPSA) is 78.6 Å². The summed E-state index contributed by atoms with van der Waals surface area (Å²) in [6, 6.07) is 5.20. The molecule has 6 nitrogen and oxygen atoms in total. The molecule has 0 aliphatic carbocycles. The van der Waals surface area contributed by atoms with E-state index in [4.69, 9.17) is 5.11 Å². The smallest absolute Gasteiger partial charge is 0.294 e. The summed E-state index contributed by atoms with van der Waals surface area (Å²) in [4.78, 5) is 12.8. The van der Waals surface area contributed by atoms with E-state index in [1.54, 1.807) is 12.1 Å². The lowest BCUT2D eigenvalue weighted by Crippen LogP contribution is -2.18. The fourth-order valence-corrected chi connectivity index (χ4v) is 2.18. The summed E-state index contributed by atoms with van der Waals surface area (Å²) in [5, 5.41) is 22.6. The van der Waals surface area contributed by atoms with Crippen LogP contribution in [-0.2, 0) is 0 Å². The van der Waals surface area contributed by atoms with E-state index in [1.807, 2.05) is 6.07 Å². The van der Waals surface area contributed by atoms with Gasteiger partial charge >= 0.3 is 0 Å². The zero-order chi connectivity index (χ0) is 13.0. The Balaban J connectivity index is 2.24. The van der Waals surface area contributed by atoms with Crippen LogP contribution in [0.3, 0.4) is 0 Å². The Morgan fingerprint density at radius 2 is 2.11 bits per heavy atom. The second-order valence-electron chi connectivity index (χ2n) is 4.30. The molecule has 6 heteroatoms. The SMILES string of the molecule is O=[N+]([O-])c1cc(N2CCCC2)ccc1NCCO. The minimum absolute atomic E-state index is 0.0506. The number of nitro benzene ring substituents is 1. The van der Waals surface area contributed by atoms with Crippen LogP contribution in [0.25, 0.3) is 0 Å². The summed E-state index contributed by atoms with van der Waals surface area (Å²) >= 11 is 0. The van der Waals surface area contributed by atoms with Gasteiger partial charge in [-0.2, -0.15) is 0 Å². The summed E-state index contributed by atoms with van der Waals surface area (Å²) in [5.41, 5.74) is 1.42. The lowest BCUT2D eigenvalue weighted by atomic mass is 10.2. The van der Waals surface area contributed by atoms with Crippen molar-refractivity contribution in [1.82, 2.24) is 0 Å². The molecule has 0 spiro atoms. The van der Waals surface area contributed by atoms with Crippen LogP contribution in [0.5, 0.6) is 0 Å². The Morgan fingerprint density at radius 1 is 1.39 bits per heavy atom. The van der Waals surface area contributed by atoms with Crippen molar-refractivity contribution < 1.29 is 10.0 Å². The lowest BCUT2D eigenvalue weighted by Gasteiger charge is -2.18. The van der Waals surface area contributed by atoms with Crippen LogP contribution in [0.1, 0.15) is 12.8 Å². The van der Waals surface area contributed by atoms with Crippen LogP contribution in [0.15, 0.2) is 18.2 Å². The summed E-state index contributed by atoms with van der Waals surface area (Å²) < 4.78 is 0. The molecule has 1 heterocycles. The van der Waals surface area contributed by atoms with E-state index in [-0.39, 0.29) is 17.2 Å². The van der Waals surface area contributed by atoms with Crippen LogP contribution in [0.4, 0.5) is 17.1 Å². The maximum absolute atomic E-state index is 11.0. The number of aliphatic hydroxyl groups excluding tert-OH is 1. The summed E-state index contributed by atoms with van der Waals surface area (Å²) in [5.74, 6) is 0. The lowest BCUT2D eigenvalue weighted by molar-refractivity contribution is -0.383. The van der Waals surface area contributed by atoms with E-state index in [0.29, 0.717) is 12.2 Å². The van der Waals surface area contributed by atoms with Gasteiger partial charge in [0.2, 0.25) is 0 Å². The third-order valence-corrected chi connectivity index (χ3v) is 3.08. The van der Waals surface area contributed by atoms with E-state index in [9.17, 15) is 10.1 Å². The van der Waals surface area contributed by atoms with Crippen molar-refractivity contribution in [3.63, 3.8) is 0 Å². The molecule has 1 aromatic carbocycles. The Labute approximate surface area is 105 Å². The summed E-state index contributed by atoms with van der Waals surface area (Å²) in [6.07, 6.45) is 2.27. The van der Waals surface area contributed by atoms with Crippen LogP contribution in [0.2, 0.25) is 0 Å². The van der Waals surface area contributed by atoms with E-state index < -0.39 is 0 Å². The Hall–Kier alpha value is -1.82. The predicted molar refractivity (Wildman–Crippen MR) is 70.1 cm³/mol. The molecule has 0 amide bonds. The number of nitro groups is 1. The molecule has 0 unspecified atom stereocenters. The predicted octanol–water partition coefficient (Wildman–Crippen LogP) is 1.60. The highest BCUT2D eigenvalue weighted by atomic mass is 16.6. The number of aliphatic hydroxyl groups is 1. The van der Waals surface area contributed by atoms with Crippen LogP contribution in [-0.4, -0.2) is 36.3 Å². The van der Waals surface area contributed by atoms with E-state index in [1.165, 1.54) is 0 Å². The maximum Gasteiger partial charge on any atom is 0.294 e. The molecule has 98 valence electrons. The molecule has 18 heavy (non-hydrogen) atoms. The van der Waals surface area contributed by atoms with E-state index >= 15 is 0 Å². The molecule has 1 saturated heterocycles. The van der Waals surface area contributed by atoms with Crippen molar-refractivity contribution in [3.05, 3.63) is 28.3 Å². The highest BCUT2D eigenvalue weighted by Crippen LogP contribution is 2.31. The molecule has 2 rings (SSSR count). The average Bonchev–Trinajstić information content (AvgIpc) is 2.90. The molecule has 0 atom stereocenters. The van der Waals surface area contributed by atoms with E-state index in [2.05, 4.69) is 10.2 Å². The van der Waals surface area contributed by atoms with Crippen molar-refractivity contribution in [2.45, 2.75) is 12.8 Å². The molecule has 1 fully saturated rings. The highest BCUT2D eigenvalue weighted by Gasteiger charge is 2.18. The number of anilines is 2. The first-order chi connectivity index (χ1) is 8.72. The number of nitrogens with zero attached hydrogens (tertiary/aromatic N) is 2. The van der Waals surface area contributed by atoms with Crippen LogP contribution in [0, 0.1) is 10.1 Å². The quantitative estimate of drug-likeness (QED) is 0.614. The van der Waals surface area contributed by atoms with Gasteiger partial charge in [0.15, 0.2) is 0 Å². The fourth-order valence-electron chi connectivity index (χ4n) is 2.18. The van der Waals surface area contributed by atoms with Gasteiger partial charge in [0.05, 0.1) is 11.5 Å². The first-order valence-electron chi connectivity index (χ1n) is 6.10. The normalized spacial score (nSPS) is 14.8. The number of nitrogens with one attached hydrogen (secondary N) is 1. The van der Waals surface area contributed by atoms with Gasteiger partial charge < -0.3 is 15.3 Å². The van der Waals surface area contributed by atoms with Crippen molar-refractivity contribution in [3.8, 4) is 0 Å². The second kappa shape index (κ2) is 5.68. The van der Waals surface area contributed by atoms with Gasteiger partial charge in [-0.05, 0) is 25.0 Å². The first kappa shape index (κ1) is 12.6. The molecule has 1 aromatic rings. The molecular weight excluding hydrogens is 234 g/mol. The molecule has 0 saturated carbocycles. The summed E-state index contributed by atoms with van der Waals surface area (Å²) in [6.45, 7) is 2.18. The number of rotatable bonds is 5. The van der Waals surface area contributed by atoms with Crippen molar-refractivity contribution in [1.29, 1.82) is 0 Å². The monoisotopic (exact) mass is 251 g/mol.